The number of nitrogens with zero attached hydrogens (tertiary/aromatic N) is 1. The molecule has 1 heterocycles. The van der Waals surface area contributed by atoms with Gasteiger partial charge < -0.3 is 4.74 Å². The fourth-order valence-electron chi connectivity index (χ4n) is 2.25. The summed E-state index contributed by atoms with van der Waals surface area (Å²) in [5, 5.41) is 0.649. The van der Waals surface area contributed by atoms with E-state index >= 15 is 0 Å². The summed E-state index contributed by atoms with van der Waals surface area (Å²) in [5.74, 6) is 0. The molecule has 22 heavy (non-hydrogen) atoms. The summed E-state index contributed by atoms with van der Waals surface area (Å²) in [6.45, 7) is 9.64. The van der Waals surface area contributed by atoms with E-state index in [0.29, 0.717) is 5.02 Å². The Labute approximate surface area is 136 Å². The smallest absolute Gasteiger partial charge is 0.418 e. The largest absolute Gasteiger partial charge is 0.443 e. The van der Waals surface area contributed by atoms with Crippen molar-refractivity contribution in [3.63, 3.8) is 0 Å². The minimum absolute atomic E-state index is 0.374. The van der Waals surface area contributed by atoms with Crippen molar-refractivity contribution in [2.24, 2.45) is 0 Å². The number of aromatic nitrogens is 1. The Kier molecular flexibility index (Phi) is 4.66. The van der Waals surface area contributed by atoms with Gasteiger partial charge in [0.1, 0.15) is 5.60 Å². The van der Waals surface area contributed by atoms with E-state index in [0.717, 1.165) is 28.8 Å². The summed E-state index contributed by atoms with van der Waals surface area (Å²) in [6.07, 6.45) is 2.31. The molecule has 3 nitrogen and oxygen atoms in total. The molecule has 0 aliphatic carbocycles. The molecule has 0 N–H and O–H groups in total. The third-order valence-electron chi connectivity index (χ3n) is 3.35. The molecule has 118 valence electrons. The van der Waals surface area contributed by atoms with Crippen molar-refractivity contribution < 1.29 is 9.53 Å². The Morgan fingerprint density at radius 1 is 1.27 bits per heavy atom. The summed E-state index contributed by atoms with van der Waals surface area (Å²) in [5.41, 5.74) is 3.37. The number of ether oxygens (including phenoxy) is 1. The van der Waals surface area contributed by atoms with Crippen molar-refractivity contribution in [2.75, 3.05) is 0 Å². The highest BCUT2D eigenvalue weighted by Crippen LogP contribution is 2.29. The number of benzene rings is 1. The van der Waals surface area contributed by atoms with Gasteiger partial charge in [0.25, 0.3) is 0 Å². The zero-order valence-corrected chi connectivity index (χ0v) is 14.5. The van der Waals surface area contributed by atoms with Gasteiger partial charge in [-0.1, -0.05) is 24.6 Å². The molecular formula is C18H22ClNO2. The Balaban J connectivity index is 2.54. The second-order valence-corrected chi connectivity index (χ2v) is 6.83. The molecule has 0 fully saturated rings. The van der Waals surface area contributed by atoms with E-state index in [1.165, 1.54) is 0 Å². The molecule has 0 unspecified atom stereocenters. The molecule has 2 rings (SSSR count). The Hall–Kier alpha value is -1.74. The van der Waals surface area contributed by atoms with Crippen LogP contribution in [-0.2, 0) is 11.2 Å². The monoisotopic (exact) mass is 319 g/mol. The number of rotatable bonds is 2. The first-order valence-electron chi connectivity index (χ1n) is 7.42. The van der Waals surface area contributed by atoms with Crippen LogP contribution in [0.4, 0.5) is 4.79 Å². The van der Waals surface area contributed by atoms with Crippen LogP contribution in [0.2, 0.25) is 5.02 Å². The highest BCUT2D eigenvalue weighted by molar-refractivity contribution is 6.30. The number of carbonyl (C=O) groups excluding carboxylic acids is 1. The van der Waals surface area contributed by atoms with Crippen molar-refractivity contribution in [2.45, 2.75) is 46.6 Å². The SMILES string of the molecule is CCc1cc(-c2cc(Cl)ccc2C)n(C(=O)OC(C)(C)C)c1. The van der Waals surface area contributed by atoms with Gasteiger partial charge in [-0.15, -0.1) is 0 Å². The van der Waals surface area contributed by atoms with Crippen LogP contribution in [0, 0.1) is 6.92 Å². The highest BCUT2D eigenvalue weighted by Gasteiger charge is 2.21. The van der Waals surface area contributed by atoms with Gasteiger partial charge in [-0.3, -0.25) is 4.57 Å². The minimum atomic E-state index is -0.533. The highest BCUT2D eigenvalue weighted by atomic mass is 35.5. The fourth-order valence-corrected chi connectivity index (χ4v) is 2.42. The molecule has 0 spiro atoms. The molecule has 0 amide bonds. The van der Waals surface area contributed by atoms with Gasteiger partial charge in [0.2, 0.25) is 0 Å². The van der Waals surface area contributed by atoms with Gasteiger partial charge in [-0.2, -0.15) is 0 Å². The molecule has 1 aromatic carbocycles. The molecule has 4 heteroatoms. The summed E-state index contributed by atoms with van der Waals surface area (Å²) in [4.78, 5) is 12.5. The van der Waals surface area contributed by atoms with Crippen molar-refractivity contribution in [1.29, 1.82) is 0 Å². The average Bonchev–Trinajstić information content (AvgIpc) is 2.84. The third kappa shape index (κ3) is 3.72. The van der Waals surface area contributed by atoms with Crippen LogP contribution in [0.25, 0.3) is 11.3 Å². The normalized spacial score (nSPS) is 11.5. The molecule has 0 radical (unpaired) electrons. The first-order valence-corrected chi connectivity index (χ1v) is 7.80. The van der Waals surface area contributed by atoms with E-state index in [1.54, 1.807) is 4.57 Å². The first-order chi connectivity index (χ1) is 10.2. The Bertz CT molecular complexity index is 696. The molecule has 0 aliphatic rings. The average molecular weight is 320 g/mol. The predicted molar refractivity (Wildman–Crippen MR) is 90.6 cm³/mol. The van der Waals surface area contributed by atoms with E-state index in [9.17, 15) is 4.79 Å². The number of aryl methyl sites for hydroxylation is 2. The van der Waals surface area contributed by atoms with Gasteiger partial charge in [0, 0.05) is 16.8 Å². The Morgan fingerprint density at radius 2 is 1.95 bits per heavy atom. The zero-order valence-electron chi connectivity index (χ0n) is 13.7. The molecule has 1 aromatic heterocycles. The van der Waals surface area contributed by atoms with Crippen LogP contribution < -0.4 is 0 Å². The number of hydrogen-bond donors (Lipinski definition) is 0. The van der Waals surface area contributed by atoms with Gasteiger partial charge >= 0.3 is 6.09 Å². The quantitative estimate of drug-likeness (QED) is 0.735. The maximum absolute atomic E-state index is 12.5. The summed E-state index contributed by atoms with van der Waals surface area (Å²) < 4.78 is 7.08. The summed E-state index contributed by atoms with van der Waals surface area (Å²) >= 11 is 6.12. The van der Waals surface area contributed by atoms with E-state index in [4.69, 9.17) is 16.3 Å². The maximum atomic E-state index is 12.5. The molecule has 0 saturated heterocycles. The van der Waals surface area contributed by atoms with Gasteiger partial charge in [-0.25, -0.2) is 4.79 Å². The van der Waals surface area contributed by atoms with Gasteiger partial charge in [0.15, 0.2) is 0 Å². The minimum Gasteiger partial charge on any atom is -0.443 e. The molecule has 0 bridgehead atoms. The van der Waals surface area contributed by atoms with E-state index in [1.807, 2.05) is 58.2 Å². The summed E-state index contributed by atoms with van der Waals surface area (Å²) in [7, 11) is 0. The molecule has 0 atom stereocenters. The van der Waals surface area contributed by atoms with Crippen molar-refractivity contribution in [3.8, 4) is 11.3 Å². The van der Waals surface area contributed by atoms with Crippen LogP contribution in [-0.4, -0.2) is 16.3 Å². The summed E-state index contributed by atoms with van der Waals surface area (Å²) in [6, 6.07) is 7.70. The van der Waals surface area contributed by atoms with Crippen LogP contribution in [0.15, 0.2) is 30.5 Å². The predicted octanol–water partition coefficient (Wildman–Crippen LogP) is 5.46. The van der Waals surface area contributed by atoms with Crippen LogP contribution >= 0.6 is 11.6 Å². The zero-order chi connectivity index (χ0) is 16.5. The molecule has 2 aromatic rings. The van der Waals surface area contributed by atoms with Crippen LogP contribution in [0.5, 0.6) is 0 Å². The fraction of sp³-hybridized carbons (Fsp3) is 0.389. The van der Waals surface area contributed by atoms with Gasteiger partial charge in [-0.05, 0) is 63.4 Å². The lowest BCUT2D eigenvalue weighted by Gasteiger charge is -2.20. The van der Waals surface area contributed by atoms with Crippen molar-refractivity contribution in [3.05, 3.63) is 46.6 Å². The lowest BCUT2D eigenvalue weighted by Crippen LogP contribution is -2.27. The number of halogens is 1. The topological polar surface area (TPSA) is 31.2 Å². The maximum Gasteiger partial charge on any atom is 0.418 e. The third-order valence-corrected chi connectivity index (χ3v) is 3.59. The van der Waals surface area contributed by atoms with E-state index < -0.39 is 5.60 Å². The standard InChI is InChI=1S/C18H22ClNO2/c1-6-13-9-16(15-10-14(19)8-7-12(15)2)20(11-13)17(21)22-18(3,4)5/h7-11H,6H2,1-5H3. The molecular weight excluding hydrogens is 298 g/mol. The van der Waals surface area contributed by atoms with Crippen LogP contribution in [0.3, 0.4) is 0 Å². The van der Waals surface area contributed by atoms with E-state index in [-0.39, 0.29) is 6.09 Å². The van der Waals surface area contributed by atoms with Crippen molar-refractivity contribution in [1.82, 2.24) is 4.57 Å². The van der Waals surface area contributed by atoms with Crippen molar-refractivity contribution >= 4 is 17.7 Å². The first kappa shape index (κ1) is 16.6. The molecule has 0 saturated carbocycles. The van der Waals surface area contributed by atoms with E-state index in [2.05, 4.69) is 6.92 Å². The van der Waals surface area contributed by atoms with Gasteiger partial charge in [0.05, 0.1) is 5.69 Å². The lowest BCUT2D eigenvalue weighted by atomic mass is 10.1. The molecule has 0 aliphatic heterocycles. The second-order valence-electron chi connectivity index (χ2n) is 6.40. The lowest BCUT2D eigenvalue weighted by molar-refractivity contribution is 0.0540. The number of carbonyl (C=O) groups is 1. The Morgan fingerprint density at radius 3 is 2.55 bits per heavy atom. The van der Waals surface area contributed by atoms with Crippen LogP contribution in [0.1, 0.15) is 38.8 Å². The number of hydrogen-bond acceptors (Lipinski definition) is 2. The second kappa shape index (κ2) is 6.17.